The molecule has 0 aliphatic rings. The average Bonchev–Trinajstić information content (AvgIpc) is 3.27. The van der Waals surface area contributed by atoms with Gasteiger partial charge in [-0.1, -0.05) is 53.7 Å². The second kappa shape index (κ2) is 11.1. The highest BCUT2D eigenvalue weighted by molar-refractivity contribution is 7.98. The minimum atomic E-state index is -0.457. The summed E-state index contributed by atoms with van der Waals surface area (Å²) in [5.41, 5.74) is 5.63. The summed E-state index contributed by atoms with van der Waals surface area (Å²) in [4.78, 5) is 12.8. The summed E-state index contributed by atoms with van der Waals surface area (Å²) in [7, 11) is 0. The summed E-state index contributed by atoms with van der Waals surface area (Å²) in [6.45, 7) is 7.81. The van der Waals surface area contributed by atoms with Gasteiger partial charge in [0, 0.05) is 16.5 Å². The molecule has 1 atom stereocenters. The van der Waals surface area contributed by atoms with Crippen LogP contribution in [-0.4, -0.2) is 20.8 Å². The van der Waals surface area contributed by atoms with Crippen molar-refractivity contribution in [3.63, 3.8) is 0 Å². The molecule has 0 saturated carbocycles. The molecule has 0 saturated heterocycles. The smallest absolute Gasteiger partial charge is 0.319 e. The van der Waals surface area contributed by atoms with Gasteiger partial charge in [0.05, 0.1) is 11.7 Å². The summed E-state index contributed by atoms with van der Waals surface area (Å²) in [6, 6.07) is 17.0. The van der Waals surface area contributed by atoms with Gasteiger partial charge in [0.2, 0.25) is 0 Å². The van der Waals surface area contributed by atoms with Gasteiger partial charge >= 0.3 is 6.03 Å². The van der Waals surface area contributed by atoms with Crippen molar-refractivity contribution < 1.29 is 9.18 Å². The van der Waals surface area contributed by atoms with Gasteiger partial charge in [0.1, 0.15) is 5.82 Å². The third kappa shape index (κ3) is 5.88. The van der Waals surface area contributed by atoms with Gasteiger partial charge in [-0.05, 0) is 80.3 Å². The fourth-order valence-corrected chi connectivity index (χ4v) is 4.81. The monoisotopic (exact) mass is 523 g/mol. The van der Waals surface area contributed by atoms with Crippen LogP contribution in [0.25, 0.3) is 5.69 Å². The fraction of sp³-hybridized carbons (Fsp3) is 0.222. The summed E-state index contributed by atoms with van der Waals surface area (Å²) in [6.07, 6.45) is 0. The number of carbonyl (C=O) groups is 1. The average molecular weight is 524 g/mol. The first-order chi connectivity index (χ1) is 17.2. The van der Waals surface area contributed by atoms with Crippen LogP contribution in [0.15, 0.2) is 65.8 Å². The Kier molecular flexibility index (Phi) is 7.96. The first kappa shape index (κ1) is 25.7. The minimum Gasteiger partial charge on any atom is -0.328 e. The summed E-state index contributed by atoms with van der Waals surface area (Å²) in [5, 5.41) is 16.0. The molecule has 9 heteroatoms. The number of thioether (sulfide) groups is 1. The van der Waals surface area contributed by atoms with Gasteiger partial charge in [-0.25, -0.2) is 9.18 Å². The number of hydrogen-bond donors (Lipinski definition) is 2. The second-order valence-electron chi connectivity index (χ2n) is 8.59. The molecule has 1 aromatic heterocycles. The van der Waals surface area contributed by atoms with Gasteiger partial charge in [-0.2, -0.15) is 0 Å². The van der Waals surface area contributed by atoms with E-state index >= 15 is 0 Å². The number of aryl methyl sites for hydroxylation is 2. The molecule has 0 bridgehead atoms. The predicted octanol–water partition coefficient (Wildman–Crippen LogP) is 7.16. The predicted molar refractivity (Wildman–Crippen MR) is 144 cm³/mol. The van der Waals surface area contributed by atoms with Crippen molar-refractivity contribution in [2.24, 2.45) is 0 Å². The summed E-state index contributed by atoms with van der Waals surface area (Å²) >= 11 is 7.81. The largest absolute Gasteiger partial charge is 0.328 e. The molecule has 4 rings (SSSR count). The van der Waals surface area contributed by atoms with Crippen LogP contribution < -0.4 is 10.6 Å². The number of rotatable bonds is 7. The number of benzene rings is 3. The maximum atomic E-state index is 13.3. The van der Waals surface area contributed by atoms with E-state index in [9.17, 15) is 9.18 Å². The van der Waals surface area contributed by atoms with Gasteiger partial charge in [-0.3, -0.25) is 4.57 Å². The first-order valence-corrected chi connectivity index (χ1v) is 12.8. The van der Waals surface area contributed by atoms with Crippen molar-refractivity contribution in [1.82, 2.24) is 20.1 Å². The number of carbonyl (C=O) groups excluding carboxylic acids is 1. The van der Waals surface area contributed by atoms with E-state index < -0.39 is 6.04 Å². The molecular formula is C27H27ClFN5OS. The zero-order valence-electron chi connectivity index (χ0n) is 20.5. The number of nitrogens with one attached hydrogen (secondary N) is 2. The van der Waals surface area contributed by atoms with Crippen molar-refractivity contribution >= 4 is 35.1 Å². The van der Waals surface area contributed by atoms with Crippen LogP contribution in [0.4, 0.5) is 14.9 Å². The Morgan fingerprint density at radius 2 is 1.81 bits per heavy atom. The first-order valence-electron chi connectivity index (χ1n) is 11.5. The lowest BCUT2D eigenvalue weighted by Gasteiger charge is -2.19. The molecule has 4 aromatic rings. The van der Waals surface area contributed by atoms with Gasteiger partial charge in [0.25, 0.3) is 0 Å². The third-order valence-corrected chi connectivity index (χ3v) is 7.17. The Morgan fingerprint density at radius 3 is 2.56 bits per heavy atom. The summed E-state index contributed by atoms with van der Waals surface area (Å²) in [5.74, 6) is 0.869. The Bertz CT molecular complexity index is 1390. The molecule has 0 radical (unpaired) electrons. The molecule has 0 spiro atoms. The molecule has 1 unspecified atom stereocenters. The Labute approximate surface area is 219 Å². The molecule has 3 aromatic carbocycles. The fourth-order valence-electron chi connectivity index (χ4n) is 3.74. The molecule has 186 valence electrons. The molecular weight excluding hydrogens is 497 g/mol. The maximum absolute atomic E-state index is 13.3. The van der Waals surface area contributed by atoms with Crippen LogP contribution in [0, 0.1) is 26.6 Å². The minimum absolute atomic E-state index is 0.275. The molecule has 2 N–H and O–H groups in total. The highest BCUT2D eigenvalue weighted by Crippen LogP contribution is 2.30. The van der Waals surface area contributed by atoms with E-state index in [1.165, 1.54) is 23.9 Å². The lowest BCUT2D eigenvalue weighted by Crippen LogP contribution is -2.32. The number of aromatic nitrogens is 3. The van der Waals surface area contributed by atoms with Gasteiger partial charge < -0.3 is 10.6 Å². The maximum Gasteiger partial charge on any atom is 0.319 e. The Morgan fingerprint density at radius 1 is 1.06 bits per heavy atom. The summed E-state index contributed by atoms with van der Waals surface area (Å²) < 4.78 is 15.2. The van der Waals surface area contributed by atoms with Crippen molar-refractivity contribution in [1.29, 1.82) is 0 Å². The van der Waals surface area contributed by atoms with Crippen molar-refractivity contribution in [3.8, 4) is 5.69 Å². The number of nitrogens with zero attached hydrogens (tertiary/aromatic N) is 3. The Balaban J connectivity index is 1.61. The molecule has 2 amide bonds. The SMILES string of the molecule is Cc1ccc(Cl)cc1-n1c(SCc2ccc(F)cc2)nnc1C(C)NC(=O)Nc1cccc(C)c1C. The van der Waals surface area contributed by atoms with Crippen molar-refractivity contribution in [3.05, 3.63) is 99.6 Å². The van der Waals surface area contributed by atoms with E-state index in [0.717, 1.165) is 33.6 Å². The van der Waals surface area contributed by atoms with E-state index in [1.807, 2.05) is 68.7 Å². The molecule has 36 heavy (non-hydrogen) atoms. The molecule has 1 heterocycles. The molecule has 0 aliphatic heterocycles. The highest BCUT2D eigenvalue weighted by Gasteiger charge is 2.22. The second-order valence-corrected chi connectivity index (χ2v) is 9.97. The topological polar surface area (TPSA) is 71.8 Å². The van der Waals surface area contributed by atoms with Crippen LogP contribution >= 0.6 is 23.4 Å². The lowest BCUT2D eigenvalue weighted by molar-refractivity contribution is 0.248. The molecule has 6 nitrogen and oxygen atoms in total. The Hall–Kier alpha value is -3.36. The normalized spacial score (nSPS) is 11.8. The van der Waals surface area contributed by atoms with Crippen LogP contribution in [0.2, 0.25) is 5.02 Å². The third-order valence-electron chi connectivity index (χ3n) is 5.94. The van der Waals surface area contributed by atoms with Crippen LogP contribution in [-0.2, 0) is 5.75 Å². The van der Waals surface area contributed by atoms with Gasteiger partial charge in [-0.15, -0.1) is 10.2 Å². The molecule has 0 fully saturated rings. The number of anilines is 1. The van der Waals surface area contributed by atoms with Crippen LogP contribution in [0.5, 0.6) is 0 Å². The zero-order valence-corrected chi connectivity index (χ0v) is 22.0. The van der Waals surface area contributed by atoms with E-state index in [-0.39, 0.29) is 11.8 Å². The standard InChI is InChI=1S/C27H27ClFN5OS/c1-16-6-5-7-23(18(16)3)31-26(35)30-19(4)25-32-33-27(36-15-20-9-12-22(29)13-10-20)34(25)24-14-21(28)11-8-17(24)2/h5-14,19H,15H2,1-4H3,(H2,30,31,35). The van der Waals surface area contributed by atoms with Crippen LogP contribution in [0.1, 0.15) is 41.0 Å². The quantitative estimate of drug-likeness (QED) is 0.252. The number of halogens is 2. The van der Waals surface area contributed by atoms with Gasteiger partial charge in [0.15, 0.2) is 11.0 Å². The van der Waals surface area contributed by atoms with Crippen molar-refractivity contribution in [2.75, 3.05) is 5.32 Å². The van der Waals surface area contributed by atoms with E-state index in [1.54, 1.807) is 12.1 Å². The number of amides is 2. The molecule has 0 aliphatic carbocycles. The van der Waals surface area contributed by atoms with E-state index in [4.69, 9.17) is 11.6 Å². The van der Waals surface area contributed by atoms with Crippen LogP contribution in [0.3, 0.4) is 0 Å². The number of hydrogen-bond acceptors (Lipinski definition) is 4. The lowest BCUT2D eigenvalue weighted by atomic mass is 10.1. The van der Waals surface area contributed by atoms with Crippen molar-refractivity contribution in [2.45, 2.75) is 44.6 Å². The number of urea groups is 1. The highest BCUT2D eigenvalue weighted by atomic mass is 35.5. The van der Waals surface area contributed by atoms with E-state index in [0.29, 0.717) is 21.8 Å². The van der Waals surface area contributed by atoms with E-state index in [2.05, 4.69) is 20.8 Å². The zero-order chi connectivity index (χ0) is 25.8.